The molecule has 2 amide bonds. The van der Waals surface area contributed by atoms with Crippen molar-refractivity contribution in [2.24, 2.45) is 0 Å². The summed E-state index contributed by atoms with van der Waals surface area (Å²) in [4.78, 5) is 27.5. The lowest BCUT2D eigenvalue weighted by Gasteiger charge is -2.30. The van der Waals surface area contributed by atoms with E-state index in [0.29, 0.717) is 20.6 Å². The second-order valence-electron chi connectivity index (χ2n) is 6.98. The van der Waals surface area contributed by atoms with Gasteiger partial charge in [-0.05, 0) is 49.6 Å². The van der Waals surface area contributed by atoms with E-state index in [1.54, 1.807) is 31.2 Å². The fourth-order valence-corrected chi connectivity index (χ4v) is 3.54. The summed E-state index contributed by atoms with van der Waals surface area (Å²) in [6, 6.07) is 11.7. The van der Waals surface area contributed by atoms with E-state index >= 15 is 0 Å². The van der Waals surface area contributed by atoms with Crippen molar-refractivity contribution in [3.63, 3.8) is 0 Å². The molecule has 0 heterocycles. The smallest absolute Gasteiger partial charge is 0.242 e. The fourth-order valence-electron chi connectivity index (χ4n) is 2.81. The summed E-state index contributed by atoms with van der Waals surface area (Å²) in [6.07, 6.45) is 0.788. The molecule has 4 nitrogen and oxygen atoms in total. The van der Waals surface area contributed by atoms with Crippen molar-refractivity contribution >= 4 is 46.6 Å². The van der Waals surface area contributed by atoms with Gasteiger partial charge in [-0.3, -0.25) is 9.59 Å². The highest BCUT2D eigenvalue weighted by Crippen LogP contribution is 2.26. The highest BCUT2D eigenvalue weighted by atomic mass is 35.5. The zero-order valence-corrected chi connectivity index (χ0v) is 19.0. The molecule has 156 valence electrons. The molecule has 0 radical (unpaired) electrons. The molecular weight excluding hydrogens is 431 g/mol. The van der Waals surface area contributed by atoms with Crippen molar-refractivity contribution in [3.8, 4) is 0 Å². The van der Waals surface area contributed by atoms with E-state index in [2.05, 4.69) is 5.32 Å². The van der Waals surface area contributed by atoms with Gasteiger partial charge in [0.25, 0.3) is 0 Å². The number of hydrogen-bond donors (Lipinski definition) is 1. The largest absolute Gasteiger partial charge is 0.352 e. The first-order valence-electron chi connectivity index (χ1n) is 9.50. The molecule has 0 aliphatic carbocycles. The van der Waals surface area contributed by atoms with Crippen LogP contribution >= 0.6 is 34.8 Å². The second-order valence-corrected chi connectivity index (χ2v) is 8.21. The summed E-state index contributed by atoms with van der Waals surface area (Å²) in [6.45, 7) is 5.83. The first-order chi connectivity index (χ1) is 13.7. The molecule has 0 aliphatic rings. The van der Waals surface area contributed by atoms with Crippen molar-refractivity contribution < 1.29 is 9.59 Å². The molecule has 0 spiro atoms. The molecule has 0 aliphatic heterocycles. The Labute approximate surface area is 187 Å². The van der Waals surface area contributed by atoms with Gasteiger partial charge in [0.15, 0.2) is 0 Å². The molecule has 2 unspecified atom stereocenters. The number of carbonyl (C=O) groups is 2. The van der Waals surface area contributed by atoms with Crippen molar-refractivity contribution in [2.75, 3.05) is 0 Å². The lowest BCUT2D eigenvalue weighted by atomic mass is 10.1. The monoisotopic (exact) mass is 454 g/mol. The predicted octanol–water partition coefficient (Wildman–Crippen LogP) is 5.52. The van der Waals surface area contributed by atoms with E-state index < -0.39 is 6.04 Å². The maximum absolute atomic E-state index is 13.2. The maximum Gasteiger partial charge on any atom is 0.242 e. The quantitative estimate of drug-likeness (QED) is 0.569. The minimum absolute atomic E-state index is 0.0100. The van der Waals surface area contributed by atoms with Crippen LogP contribution in [0.2, 0.25) is 15.1 Å². The molecule has 0 saturated carbocycles. The van der Waals surface area contributed by atoms with E-state index in [-0.39, 0.29) is 30.8 Å². The van der Waals surface area contributed by atoms with Crippen molar-refractivity contribution in [3.05, 3.63) is 68.7 Å². The number of nitrogens with zero attached hydrogens (tertiary/aromatic N) is 1. The molecule has 1 N–H and O–H groups in total. The Morgan fingerprint density at radius 1 is 0.966 bits per heavy atom. The normalized spacial score (nSPS) is 12.9. The van der Waals surface area contributed by atoms with Crippen LogP contribution in [0, 0.1) is 0 Å². The van der Waals surface area contributed by atoms with Gasteiger partial charge in [-0.15, -0.1) is 0 Å². The van der Waals surface area contributed by atoms with Gasteiger partial charge in [-0.25, -0.2) is 0 Å². The Kier molecular flexibility index (Phi) is 8.81. The zero-order chi connectivity index (χ0) is 21.6. The summed E-state index contributed by atoms with van der Waals surface area (Å²) >= 11 is 18.8. The number of carbonyl (C=O) groups excluding carboxylic acids is 2. The zero-order valence-electron chi connectivity index (χ0n) is 16.7. The Morgan fingerprint density at radius 2 is 1.55 bits per heavy atom. The third kappa shape index (κ3) is 6.36. The summed E-state index contributed by atoms with van der Waals surface area (Å²) in [5.74, 6) is -0.475. The summed E-state index contributed by atoms with van der Waals surface area (Å²) in [7, 11) is 0. The lowest BCUT2D eigenvalue weighted by Crippen LogP contribution is -2.50. The van der Waals surface area contributed by atoms with Gasteiger partial charge in [0.05, 0.1) is 6.42 Å². The van der Waals surface area contributed by atoms with Crippen LogP contribution in [0.25, 0.3) is 0 Å². The third-order valence-electron chi connectivity index (χ3n) is 4.86. The van der Waals surface area contributed by atoms with Crippen LogP contribution in [0.1, 0.15) is 38.3 Å². The lowest BCUT2D eigenvalue weighted by molar-refractivity contribution is -0.140. The molecule has 2 aromatic carbocycles. The molecule has 0 saturated heterocycles. The molecule has 2 aromatic rings. The SMILES string of the molecule is CCC(C)NC(=O)C(C)N(Cc1ccccc1Cl)C(=O)Cc1c(Cl)cccc1Cl. The number of hydrogen-bond acceptors (Lipinski definition) is 2. The average molecular weight is 456 g/mol. The average Bonchev–Trinajstić information content (AvgIpc) is 2.69. The summed E-state index contributed by atoms with van der Waals surface area (Å²) in [5.41, 5.74) is 1.30. The highest BCUT2D eigenvalue weighted by Gasteiger charge is 2.28. The molecule has 7 heteroatoms. The van der Waals surface area contributed by atoms with Gasteiger partial charge in [0, 0.05) is 27.7 Å². The Hall–Kier alpha value is -1.75. The van der Waals surface area contributed by atoms with Crippen molar-refractivity contribution in [1.82, 2.24) is 10.2 Å². The summed E-state index contributed by atoms with van der Waals surface area (Å²) < 4.78 is 0. The first kappa shape index (κ1) is 23.5. The maximum atomic E-state index is 13.2. The Bertz CT molecular complexity index is 853. The van der Waals surface area contributed by atoms with Crippen LogP contribution in [0.5, 0.6) is 0 Å². The Balaban J connectivity index is 2.31. The molecule has 2 rings (SSSR count). The number of amides is 2. The number of nitrogens with one attached hydrogen (secondary N) is 1. The van der Waals surface area contributed by atoms with Gasteiger partial charge in [-0.1, -0.05) is 66.0 Å². The van der Waals surface area contributed by atoms with Gasteiger partial charge in [-0.2, -0.15) is 0 Å². The van der Waals surface area contributed by atoms with Gasteiger partial charge in [0.2, 0.25) is 11.8 Å². The minimum atomic E-state index is -0.686. The van der Waals surface area contributed by atoms with Crippen LogP contribution in [-0.4, -0.2) is 28.8 Å². The standard InChI is InChI=1S/C22H25Cl3N2O2/c1-4-14(2)26-22(29)15(3)27(13-16-8-5-6-9-18(16)23)21(28)12-17-19(24)10-7-11-20(17)25/h5-11,14-15H,4,12-13H2,1-3H3,(H,26,29). The first-order valence-corrected chi connectivity index (χ1v) is 10.6. The van der Waals surface area contributed by atoms with E-state index in [0.717, 1.165) is 12.0 Å². The minimum Gasteiger partial charge on any atom is -0.352 e. The Morgan fingerprint density at radius 3 is 2.14 bits per heavy atom. The molecule has 0 bridgehead atoms. The fraction of sp³-hybridized carbons (Fsp3) is 0.364. The number of benzene rings is 2. The van der Waals surface area contributed by atoms with Crippen LogP contribution in [0.4, 0.5) is 0 Å². The van der Waals surface area contributed by atoms with Gasteiger partial charge >= 0.3 is 0 Å². The number of halogens is 3. The van der Waals surface area contributed by atoms with E-state index in [1.165, 1.54) is 4.90 Å². The molecule has 2 atom stereocenters. The van der Waals surface area contributed by atoms with E-state index in [1.807, 2.05) is 32.0 Å². The van der Waals surface area contributed by atoms with E-state index in [4.69, 9.17) is 34.8 Å². The summed E-state index contributed by atoms with van der Waals surface area (Å²) in [5, 5.41) is 4.31. The molecule has 29 heavy (non-hydrogen) atoms. The molecule has 0 aromatic heterocycles. The van der Waals surface area contributed by atoms with Crippen molar-refractivity contribution in [2.45, 2.75) is 52.2 Å². The van der Waals surface area contributed by atoms with Crippen LogP contribution in [0.3, 0.4) is 0 Å². The van der Waals surface area contributed by atoms with Crippen LogP contribution in [0.15, 0.2) is 42.5 Å². The second kappa shape index (κ2) is 10.9. The predicted molar refractivity (Wildman–Crippen MR) is 120 cm³/mol. The number of rotatable bonds is 8. The highest BCUT2D eigenvalue weighted by molar-refractivity contribution is 6.36. The molecule has 0 fully saturated rings. The van der Waals surface area contributed by atoms with Gasteiger partial charge < -0.3 is 10.2 Å². The topological polar surface area (TPSA) is 49.4 Å². The van der Waals surface area contributed by atoms with Gasteiger partial charge in [0.1, 0.15) is 6.04 Å². The van der Waals surface area contributed by atoms with E-state index in [9.17, 15) is 9.59 Å². The van der Waals surface area contributed by atoms with Crippen LogP contribution < -0.4 is 5.32 Å². The molecular formula is C22H25Cl3N2O2. The van der Waals surface area contributed by atoms with Crippen LogP contribution in [-0.2, 0) is 22.6 Å². The third-order valence-corrected chi connectivity index (χ3v) is 5.93. The van der Waals surface area contributed by atoms with Crippen molar-refractivity contribution in [1.29, 1.82) is 0 Å².